The average molecular weight is 803 g/mol. The molecule has 0 aliphatic heterocycles. The molecule has 0 aliphatic rings. The Morgan fingerprint density at radius 1 is 0.400 bits per heavy atom. The fraction of sp³-hybridized carbons (Fsp3) is 0.909. The molecule has 0 saturated heterocycles. The predicted molar refractivity (Wildman–Crippen MR) is 158 cm³/mol. The summed E-state index contributed by atoms with van der Waals surface area (Å²) in [5, 5.41) is 9.37. The van der Waals surface area contributed by atoms with Crippen LogP contribution in [0.2, 0.25) is 0 Å². The van der Waals surface area contributed by atoms with E-state index in [2.05, 4.69) is 0 Å². The summed E-state index contributed by atoms with van der Waals surface area (Å²) < 4.78 is 0. The normalized spacial score (nSPS) is 6.47. The third kappa shape index (κ3) is 553. The smallest absolute Gasteiger partial charge is 0.120 e. The first-order valence-electron chi connectivity index (χ1n) is 5.70. The van der Waals surface area contributed by atoms with Gasteiger partial charge in [-0.2, -0.15) is 5.26 Å². The van der Waals surface area contributed by atoms with Crippen molar-refractivity contribution in [3.8, 4) is 6.07 Å². The Hall–Kier alpha value is 4.71. The molecule has 0 spiro atoms. The van der Waals surface area contributed by atoms with Gasteiger partial charge in [0.2, 0.25) is 0 Å². The highest BCUT2D eigenvalue weighted by atomic mass is 35.6. The molecule has 0 bridgehead atoms. The van der Waals surface area contributed by atoms with Crippen molar-refractivity contribution in [2.24, 2.45) is 0 Å². The molecule has 0 atom stereocenters. The van der Waals surface area contributed by atoms with Gasteiger partial charge in [-0.25, -0.2) is 0 Å². The van der Waals surface area contributed by atoms with E-state index in [4.69, 9.17) is 214 Å². The van der Waals surface area contributed by atoms with Crippen LogP contribution in [0, 0.1) is 11.3 Å². The van der Waals surface area contributed by atoms with Crippen LogP contribution in [-0.4, -0.2) is 47.5 Å². The summed E-state index contributed by atoms with van der Waals surface area (Å²) in [4.78, 5) is -0.519. The van der Waals surface area contributed by atoms with E-state index in [9.17, 15) is 0 Å². The van der Waals surface area contributed by atoms with Crippen molar-refractivity contribution < 1.29 is 0 Å². The molecule has 0 rings (SSSR count). The fourth-order valence-corrected chi connectivity index (χ4v) is 0.207. The van der Waals surface area contributed by atoms with E-state index in [1.165, 1.54) is 0 Å². The molecule has 0 aromatic carbocycles. The highest BCUT2D eigenvalue weighted by molar-refractivity contribution is 6.44. The van der Waals surface area contributed by atoms with Gasteiger partial charge >= 0.3 is 0 Å². The van der Waals surface area contributed by atoms with Gasteiger partial charge in [0.05, 0.1) is 55.2 Å². The number of alkyl halides is 18. The van der Waals surface area contributed by atoms with Crippen molar-refractivity contribution in [1.29, 1.82) is 5.26 Å². The standard InChI is InChI=1S/C3H3Cl2N.8CH2Cl2/c4-3(5)1-2-6;8*2-1-3/h3H,1H2;8*1H2. The number of halogens is 18. The Morgan fingerprint density at radius 3 is 0.500 bits per heavy atom. The Bertz CT molecular complexity index is 149. The van der Waals surface area contributed by atoms with Crippen molar-refractivity contribution in [2.45, 2.75) is 11.3 Å². The molecule has 0 heterocycles. The van der Waals surface area contributed by atoms with Crippen LogP contribution in [0.3, 0.4) is 0 Å². The lowest BCUT2D eigenvalue weighted by molar-refractivity contribution is 1.16. The second kappa shape index (κ2) is 115. The molecule has 30 heavy (non-hydrogen) atoms. The van der Waals surface area contributed by atoms with E-state index in [1.807, 2.05) is 0 Å². The third-order valence-corrected chi connectivity index (χ3v) is 0.554. The molecule has 0 amide bonds. The third-order valence-electron chi connectivity index (χ3n) is 0.246. The quantitative estimate of drug-likeness (QED) is 0.242. The monoisotopic (exact) mass is 795 g/mol. The van der Waals surface area contributed by atoms with Crippen molar-refractivity contribution in [3.05, 3.63) is 0 Å². The molecule has 0 aromatic rings. The van der Waals surface area contributed by atoms with E-state index in [1.54, 1.807) is 6.07 Å². The maximum Gasteiger partial charge on any atom is 0.120 e. The minimum absolute atomic E-state index is 0.194. The minimum atomic E-state index is -0.519. The van der Waals surface area contributed by atoms with Crippen LogP contribution in [-0.2, 0) is 0 Å². The number of hydrogen-bond donors (Lipinski definition) is 0. The van der Waals surface area contributed by atoms with E-state index in [0.29, 0.717) is 0 Å². The Kier molecular flexibility index (Phi) is 229. The Balaban J connectivity index is -0.0000000240. The summed E-state index contributed by atoms with van der Waals surface area (Å²) >= 11 is 86.5. The molecule has 0 unspecified atom stereocenters. The lowest BCUT2D eigenvalue weighted by Gasteiger charge is -1.82. The largest absolute Gasteiger partial charge is 0.198 e. The molecule has 0 N–H and O–H groups in total. The van der Waals surface area contributed by atoms with Gasteiger partial charge in [0.25, 0.3) is 0 Å². The average Bonchev–Trinajstić information content (AvgIpc) is 2.60. The predicted octanol–water partition coefficient (Wildman–Crippen LogP) is 13.1. The number of hydrogen-bond acceptors (Lipinski definition) is 1. The van der Waals surface area contributed by atoms with Crippen LogP contribution in [0.1, 0.15) is 6.42 Å². The van der Waals surface area contributed by atoms with Gasteiger partial charge in [-0.1, -0.05) is 0 Å². The van der Waals surface area contributed by atoms with E-state index in [0.717, 1.165) is 0 Å². The maximum absolute atomic E-state index is 7.82. The van der Waals surface area contributed by atoms with Crippen LogP contribution < -0.4 is 0 Å². The SMILES string of the molecule is ClCCl.ClCCl.ClCCl.ClCCl.ClCCl.ClCCl.ClCCl.ClCCl.N#CCC(Cl)Cl. The van der Waals surface area contributed by atoms with Crippen molar-refractivity contribution in [3.63, 3.8) is 0 Å². The van der Waals surface area contributed by atoms with Crippen molar-refractivity contribution >= 4 is 209 Å². The summed E-state index contributed by atoms with van der Waals surface area (Å²) in [5.41, 5.74) is 0. The summed E-state index contributed by atoms with van der Waals surface area (Å²) in [6.07, 6.45) is 0.211. The molecule has 0 radical (unpaired) electrons. The Labute approximate surface area is 270 Å². The minimum Gasteiger partial charge on any atom is -0.198 e. The molecule has 0 aromatic heterocycles. The molecule has 0 saturated carbocycles. The van der Waals surface area contributed by atoms with Gasteiger partial charge in [-0.15, -0.1) is 209 Å². The second-order valence-corrected chi connectivity index (χ2v) is 9.30. The fourth-order valence-electron chi connectivity index (χ4n) is 0.0690. The molecule has 0 aliphatic carbocycles. The summed E-state index contributed by atoms with van der Waals surface area (Å²) in [5.74, 6) is 0. The zero-order chi connectivity index (χ0) is 26.6. The van der Waals surface area contributed by atoms with Gasteiger partial charge in [-0.05, 0) is 0 Å². The zero-order valence-corrected chi connectivity index (χ0v) is 28.3. The topological polar surface area (TPSA) is 23.8 Å². The summed E-state index contributed by atoms with van der Waals surface area (Å²) in [7, 11) is 0. The number of nitriles is 1. The van der Waals surface area contributed by atoms with Gasteiger partial charge in [0, 0.05) is 0 Å². The lowest BCUT2D eigenvalue weighted by Crippen LogP contribution is -1.78. The second-order valence-electron chi connectivity index (χ2n) is 1.56. The van der Waals surface area contributed by atoms with Crippen LogP contribution in [0.15, 0.2) is 0 Å². The summed E-state index contributed by atoms with van der Waals surface area (Å²) in [6.45, 7) is 0. The van der Waals surface area contributed by atoms with Crippen LogP contribution in [0.4, 0.5) is 0 Å². The van der Waals surface area contributed by atoms with Crippen LogP contribution in [0.5, 0.6) is 0 Å². The molecular weight excluding hydrogens is 784 g/mol. The van der Waals surface area contributed by atoms with E-state index < -0.39 is 4.84 Å². The lowest BCUT2D eigenvalue weighted by atomic mass is 10.6. The first kappa shape index (κ1) is 59.7. The van der Waals surface area contributed by atoms with Crippen molar-refractivity contribution in [1.82, 2.24) is 0 Å². The van der Waals surface area contributed by atoms with Crippen LogP contribution >= 0.6 is 209 Å². The number of nitrogens with zero attached hydrogens (tertiary/aromatic N) is 1. The first-order chi connectivity index (χ1) is 14.1. The molecule has 1 nitrogen and oxygen atoms in total. The van der Waals surface area contributed by atoms with Gasteiger partial charge < -0.3 is 0 Å². The Morgan fingerprint density at radius 2 is 0.500 bits per heavy atom. The van der Waals surface area contributed by atoms with Crippen molar-refractivity contribution in [2.75, 3.05) is 42.7 Å². The van der Waals surface area contributed by atoms with E-state index >= 15 is 0 Å². The number of rotatable bonds is 1. The van der Waals surface area contributed by atoms with E-state index in [-0.39, 0.29) is 49.1 Å². The zero-order valence-electron chi connectivity index (χ0n) is 14.7. The molecule has 194 valence electrons. The maximum atomic E-state index is 7.82. The first-order valence-corrected chi connectivity index (χ1v) is 15.1. The van der Waals surface area contributed by atoms with Gasteiger partial charge in [-0.3, -0.25) is 0 Å². The highest BCUT2D eigenvalue weighted by Crippen LogP contribution is 2.03. The van der Waals surface area contributed by atoms with Gasteiger partial charge in [0.1, 0.15) is 4.84 Å². The van der Waals surface area contributed by atoms with Crippen LogP contribution in [0.25, 0.3) is 0 Å². The summed E-state index contributed by atoms with van der Waals surface area (Å²) in [6, 6.07) is 1.80. The van der Waals surface area contributed by atoms with Gasteiger partial charge in [0.15, 0.2) is 0 Å². The highest BCUT2D eigenvalue weighted by Gasteiger charge is 1.91. The molecule has 0 fully saturated rings. The molecule has 19 heteroatoms. The molecular formula is C11H19Cl18N.